The van der Waals surface area contributed by atoms with Gasteiger partial charge in [0.2, 0.25) is 5.91 Å². The normalized spacial score (nSPS) is 11.7. The van der Waals surface area contributed by atoms with Crippen LogP contribution in [0.25, 0.3) is 16.9 Å². The molecule has 1 aromatic carbocycles. The van der Waals surface area contributed by atoms with Gasteiger partial charge in [-0.3, -0.25) is 9.20 Å². The summed E-state index contributed by atoms with van der Waals surface area (Å²) in [6, 6.07) is 9.85. The van der Waals surface area contributed by atoms with Crippen LogP contribution < -0.4 is 5.32 Å². The van der Waals surface area contributed by atoms with Gasteiger partial charge in [0, 0.05) is 11.8 Å². The molecule has 0 atom stereocenters. The number of anilines is 1. The predicted molar refractivity (Wildman–Crippen MR) is 85.0 cm³/mol. The van der Waals surface area contributed by atoms with Gasteiger partial charge < -0.3 is 5.32 Å². The molecular formula is C16H11ClF3N3O. The first-order valence-electron chi connectivity index (χ1n) is 6.90. The lowest BCUT2D eigenvalue weighted by molar-refractivity contribution is -0.137. The molecule has 0 fully saturated rings. The largest absolute Gasteiger partial charge is 0.416 e. The molecule has 4 nitrogen and oxygen atoms in total. The molecule has 0 saturated carbocycles. The topological polar surface area (TPSA) is 46.4 Å². The van der Waals surface area contributed by atoms with Crippen molar-refractivity contribution < 1.29 is 18.0 Å². The molecule has 1 amide bonds. The van der Waals surface area contributed by atoms with Crippen molar-refractivity contribution in [2.45, 2.75) is 6.18 Å². The van der Waals surface area contributed by atoms with Crippen molar-refractivity contribution in [2.75, 3.05) is 11.2 Å². The van der Waals surface area contributed by atoms with Crippen LogP contribution in [0.2, 0.25) is 0 Å². The van der Waals surface area contributed by atoms with Gasteiger partial charge in [-0.05, 0) is 24.3 Å². The first-order chi connectivity index (χ1) is 11.4. The highest BCUT2D eigenvalue weighted by Gasteiger charge is 2.30. The third-order valence-corrected chi connectivity index (χ3v) is 3.64. The Labute approximate surface area is 139 Å². The van der Waals surface area contributed by atoms with Crippen molar-refractivity contribution in [1.82, 2.24) is 9.38 Å². The zero-order valence-electron chi connectivity index (χ0n) is 12.1. The Hall–Kier alpha value is -2.54. The minimum atomic E-state index is -4.41. The van der Waals surface area contributed by atoms with Gasteiger partial charge in [0.25, 0.3) is 0 Å². The third kappa shape index (κ3) is 3.07. The fraction of sp³-hybridized carbons (Fsp3) is 0.125. The number of hydrogen-bond donors (Lipinski definition) is 1. The summed E-state index contributed by atoms with van der Waals surface area (Å²) in [4.78, 5) is 16.0. The Bertz CT molecular complexity index is 888. The monoisotopic (exact) mass is 353 g/mol. The number of benzene rings is 1. The van der Waals surface area contributed by atoms with E-state index in [1.165, 1.54) is 12.1 Å². The van der Waals surface area contributed by atoms with Gasteiger partial charge in [0.1, 0.15) is 23.0 Å². The molecule has 0 aliphatic rings. The number of hydrogen-bond acceptors (Lipinski definition) is 2. The zero-order chi connectivity index (χ0) is 17.3. The summed E-state index contributed by atoms with van der Waals surface area (Å²) in [6.45, 7) is 0. The van der Waals surface area contributed by atoms with Gasteiger partial charge in [-0.2, -0.15) is 13.2 Å². The van der Waals surface area contributed by atoms with E-state index in [0.717, 1.165) is 12.1 Å². The van der Waals surface area contributed by atoms with Crippen LogP contribution in [0.1, 0.15) is 5.56 Å². The lowest BCUT2D eigenvalue weighted by Crippen LogP contribution is -2.14. The summed E-state index contributed by atoms with van der Waals surface area (Å²) < 4.78 is 39.7. The maximum absolute atomic E-state index is 12.7. The van der Waals surface area contributed by atoms with E-state index in [9.17, 15) is 18.0 Å². The predicted octanol–water partition coefficient (Wildman–Crippen LogP) is 4.20. The van der Waals surface area contributed by atoms with Crippen LogP contribution in [0.5, 0.6) is 0 Å². The van der Waals surface area contributed by atoms with E-state index >= 15 is 0 Å². The van der Waals surface area contributed by atoms with Crippen LogP contribution in [-0.4, -0.2) is 21.2 Å². The number of alkyl halides is 4. The molecule has 0 bridgehead atoms. The summed E-state index contributed by atoms with van der Waals surface area (Å²) in [6.07, 6.45) is -2.72. The number of rotatable bonds is 3. The summed E-state index contributed by atoms with van der Waals surface area (Å²) in [5.41, 5.74) is 0.628. The number of nitrogens with one attached hydrogen (secondary N) is 1. The molecule has 0 aliphatic heterocycles. The number of imidazole rings is 1. The SMILES string of the molecule is O=C(CCl)Nc1c(-c2ccc(C(F)(F)F)cc2)nc2ccccn12. The van der Waals surface area contributed by atoms with E-state index in [-0.39, 0.29) is 5.88 Å². The van der Waals surface area contributed by atoms with Gasteiger partial charge in [0.15, 0.2) is 0 Å². The van der Waals surface area contributed by atoms with Gasteiger partial charge in [-0.15, -0.1) is 11.6 Å². The highest BCUT2D eigenvalue weighted by atomic mass is 35.5. The number of nitrogens with zero attached hydrogens (tertiary/aromatic N) is 2. The first kappa shape index (κ1) is 16.3. The molecule has 3 rings (SSSR count). The van der Waals surface area contributed by atoms with E-state index in [0.29, 0.717) is 22.7 Å². The zero-order valence-corrected chi connectivity index (χ0v) is 12.9. The van der Waals surface area contributed by atoms with Crippen LogP contribution in [-0.2, 0) is 11.0 Å². The van der Waals surface area contributed by atoms with Crippen molar-refractivity contribution in [2.24, 2.45) is 0 Å². The average Bonchev–Trinajstić information content (AvgIpc) is 2.93. The van der Waals surface area contributed by atoms with Crippen LogP contribution >= 0.6 is 11.6 Å². The van der Waals surface area contributed by atoms with Gasteiger partial charge in [-0.1, -0.05) is 18.2 Å². The second-order valence-electron chi connectivity index (χ2n) is 4.99. The summed E-state index contributed by atoms with van der Waals surface area (Å²) in [5, 5.41) is 2.63. The summed E-state index contributed by atoms with van der Waals surface area (Å²) >= 11 is 5.52. The molecule has 0 saturated heterocycles. The number of pyridine rings is 1. The molecule has 8 heteroatoms. The molecule has 1 N–H and O–H groups in total. The second-order valence-corrected chi connectivity index (χ2v) is 5.26. The van der Waals surface area contributed by atoms with Gasteiger partial charge in [0.05, 0.1) is 5.56 Å². The molecule has 2 aromatic heterocycles. The number of halogens is 4. The molecule has 3 aromatic rings. The fourth-order valence-corrected chi connectivity index (χ4v) is 2.37. The maximum atomic E-state index is 12.7. The minimum absolute atomic E-state index is 0.244. The van der Waals surface area contributed by atoms with Crippen molar-refractivity contribution in [3.63, 3.8) is 0 Å². The Morgan fingerprint density at radius 2 is 1.88 bits per heavy atom. The molecule has 0 spiro atoms. The fourth-order valence-electron chi connectivity index (χ4n) is 2.30. The van der Waals surface area contributed by atoms with Crippen molar-refractivity contribution in [1.29, 1.82) is 0 Å². The highest BCUT2D eigenvalue weighted by Crippen LogP contribution is 2.33. The van der Waals surface area contributed by atoms with Crippen molar-refractivity contribution in [3.05, 3.63) is 54.2 Å². The van der Waals surface area contributed by atoms with Crippen molar-refractivity contribution in [3.8, 4) is 11.3 Å². The smallest absolute Gasteiger partial charge is 0.309 e. The van der Waals surface area contributed by atoms with Crippen molar-refractivity contribution >= 4 is 29.0 Å². The molecule has 0 unspecified atom stereocenters. The number of carbonyl (C=O) groups is 1. The van der Waals surface area contributed by atoms with Crippen LogP contribution in [0.3, 0.4) is 0 Å². The van der Waals surface area contributed by atoms with E-state index in [4.69, 9.17) is 11.6 Å². The summed E-state index contributed by atoms with van der Waals surface area (Å²) in [7, 11) is 0. The lowest BCUT2D eigenvalue weighted by Gasteiger charge is -2.08. The standard InChI is InChI=1S/C16H11ClF3N3O/c17-9-13(24)22-15-14(21-12-3-1-2-8-23(12)15)10-4-6-11(7-5-10)16(18,19)20/h1-8H,9H2,(H,22,24). The molecule has 0 radical (unpaired) electrons. The number of amides is 1. The Kier molecular flexibility index (Phi) is 4.19. The molecule has 24 heavy (non-hydrogen) atoms. The van der Waals surface area contributed by atoms with Gasteiger partial charge in [-0.25, -0.2) is 4.98 Å². The average molecular weight is 354 g/mol. The number of aromatic nitrogens is 2. The Morgan fingerprint density at radius 1 is 1.17 bits per heavy atom. The maximum Gasteiger partial charge on any atom is 0.416 e. The van der Waals surface area contributed by atoms with E-state index < -0.39 is 17.6 Å². The van der Waals surface area contributed by atoms with Crippen LogP contribution in [0, 0.1) is 0 Å². The second kappa shape index (κ2) is 6.16. The van der Waals surface area contributed by atoms with E-state index in [2.05, 4.69) is 10.3 Å². The molecule has 2 heterocycles. The van der Waals surface area contributed by atoms with Crippen LogP contribution in [0.4, 0.5) is 19.0 Å². The summed E-state index contributed by atoms with van der Waals surface area (Å²) in [5.74, 6) is -0.321. The quantitative estimate of drug-likeness (QED) is 0.717. The van der Waals surface area contributed by atoms with E-state index in [1.54, 1.807) is 28.8 Å². The number of fused-ring (bicyclic) bond motifs is 1. The molecule has 0 aliphatic carbocycles. The first-order valence-corrected chi connectivity index (χ1v) is 7.44. The highest BCUT2D eigenvalue weighted by molar-refractivity contribution is 6.29. The minimum Gasteiger partial charge on any atom is -0.309 e. The Balaban J connectivity index is 2.11. The van der Waals surface area contributed by atoms with Gasteiger partial charge >= 0.3 is 6.18 Å². The van der Waals surface area contributed by atoms with Crippen LogP contribution in [0.15, 0.2) is 48.7 Å². The Morgan fingerprint density at radius 3 is 2.50 bits per heavy atom. The third-order valence-electron chi connectivity index (χ3n) is 3.39. The number of carbonyl (C=O) groups excluding carboxylic acids is 1. The lowest BCUT2D eigenvalue weighted by atomic mass is 10.1. The van der Waals surface area contributed by atoms with E-state index in [1.807, 2.05) is 0 Å². The molecular weight excluding hydrogens is 343 g/mol. The molecule has 124 valence electrons.